The van der Waals surface area contributed by atoms with E-state index in [0.29, 0.717) is 18.2 Å². The van der Waals surface area contributed by atoms with E-state index in [0.717, 1.165) is 25.0 Å². The molecule has 1 aromatic carbocycles. The van der Waals surface area contributed by atoms with Crippen molar-refractivity contribution in [2.24, 2.45) is 0 Å². The normalized spacial score (nSPS) is 11.3. The highest BCUT2D eigenvalue weighted by molar-refractivity contribution is 7.99. The Morgan fingerprint density at radius 3 is 2.32 bits per heavy atom. The van der Waals surface area contributed by atoms with E-state index in [1.165, 1.54) is 23.9 Å². The second-order valence-corrected chi connectivity index (χ2v) is 6.08. The summed E-state index contributed by atoms with van der Waals surface area (Å²) in [5, 5.41) is 3.16. The van der Waals surface area contributed by atoms with Crippen molar-refractivity contribution in [3.63, 3.8) is 0 Å². The molecule has 0 aliphatic rings. The van der Waals surface area contributed by atoms with E-state index >= 15 is 0 Å². The lowest BCUT2D eigenvalue weighted by molar-refractivity contribution is 0.529. The van der Waals surface area contributed by atoms with E-state index in [1.807, 2.05) is 13.8 Å². The van der Waals surface area contributed by atoms with Gasteiger partial charge in [0.1, 0.15) is 11.6 Å². The number of benzene rings is 1. The monoisotopic (exact) mass is 287 g/mol. The number of thioether (sulfide) groups is 1. The Balaban J connectivity index is 2.63. The first-order valence-electron chi connectivity index (χ1n) is 6.88. The average Bonchev–Trinajstić information content (AvgIpc) is 2.34. The van der Waals surface area contributed by atoms with Crippen molar-refractivity contribution >= 4 is 11.8 Å². The summed E-state index contributed by atoms with van der Waals surface area (Å²) in [7, 11) is 0. The number of nitrogens with one attached hydrogen (secondary N) is 1. The quantitative estimate of drug-likeness (QED) is 0.547. The third-order valence-corrected chi connectivity index (χ3v) is 3.94. The van der Waals surface area contributed by atoms with Crippen molar-refractivity contribution in [2.45, 2.75) is 57.5 Å². The summed E-state index contributed by atoms with van der Waals surface area (Å²) in [6.07, 6.45) is 3.22. The van der Waals surface area contributed by atoms with Crippen LogP contribution in [0.1, 0.15) is 45.6 Å². The first kappa shape index (κ1) is 16.4. The molecule has 1 aromatic rings. The molecule has 0 amide bonds. The van der Waals surface area contributed by atoms with Crippen LogP contribution in [0.15, 0.2) is 17.0 Å². The van der Waals surface area contributed by atoms with Gasteiger partial charge in [0.05, 0.1) is 4.90 Å². The summed E-state index contributed by atoms with van der Waals surface area (Å²) in [6.45, 7) is 6.62. The van der Waals surface area contributed by atoms with Crippen LogP contribution in [-0.2, 0) is 6.54 Å². The fraction of sp³-hybridized carbons (Fsp3) is 0.600. The van der Waals surface area contributed by atoms with E-state index in [1.54, 1.807) is 0 Å². The summed E-state index contributed by atoms with van der Waals surface area (Å²) in [5.74, 6) is -0.116. The minimum absolute atomic E-state index is 0.157. The van der Waals surface area contributed by atoms with Crippen molar-refractivity contribution in [2.75, 3.05) is 5.75 Å². The Morgan fingerprint density at radius 2 is 1.79 bits per heavy atom. The predicted molar refractivity (Wildman–Crippen MR) is 78.6 cm³/mol. The highest BCUT2D eigenvalue weighted by Crippen LogP contribution is 2.27. The summed E-state index contributed by atoms with van der Waals surface area (Å²) >= 11 is 1.28. The minimum atomic E-state index is -0.443. The second-order valence-electron chi connectivity index (χ2n) is 4.98. The minimum Gasteiger partial charge on any atom is -0.310 e. The average molecular weight is 287 g/mol. The van der Waals surface area contributed by atoms with Crippen molar-refractivity contribution < 1.29 is 8.78 Å². The molecule has 1 nitrogen and oxygen atoms in total. The van der Waals surface area contributed by atoms with Gasteiger partial charge in [0, 0.05) is 12.6 Å². The summed E-state index contributed by atoms with van der Waals surface area (Å²) in [6, 6.07) is 3.16. The van der Waals surface area contributed by atoms with Gasteiger partial charge in [0.2, 0.25) is 0 Å². The van der Waals surface area contributed by atoms with Gasteiger partial charge < -0.3 is 5.32 Å². The van der Waals surface area contributed by atoms with Crippen LogP contribution in [0, 0.1) is 11.6 Å². The summed E-state index contributed by atoms with van der Waals surface area (Å²) in [4.78, 5) is 0.157. The largest absolute Gasteiger partial charge is 0.310 e. The molecule has 0 saturated carbocycles. The van der Waals surface area contributed by atoms with Crippen LogP contribution in [0.25, 0.3) is 0 Å². The van der Waals surface area contributed by atoms with Gasteiger partial charge >= 0.3 is 0 Å². The smallest absolute Gasteiger partial charge is 0.140 e. The molecule has 108 valence electrons. The third-order valence-electron chi connectivity index (χ3n) is 2.77. The van der Waals surface area contributed by atoms with E-state index in [4.69, 9.17) is 0 Å². The molecule has 19 heavy (non-hydrogen) atoms. The van der Waals surface area contributed by atoms with E-state index in [9.17, 15) is 8.78 Å². The number of hydrogen-bond acceptors (Lipinski definition) is 2. The fourth-order valence-electron chi connectivity index (χ4n) is 1.70. The van der Waals surface area contributed by atoms with Crippen LogP contribution in [0.2, 0.25) is 0 Å². The first-order chi connectivity index (χ1) is 9.04. The molecule has 1 N–H and O–H groups in total. The maximum atomic E-state index is 13.9. The molecule has 1 rings (SSSR count). The van der Waals surface area contributed by atoms with Crippen LogP contribution in [0.3, 0.4) is 0 Å². The second kappa shape index (κ2) is 8.54. The Bertz CT molecular complexity index is 371. The summed E-state index contributed by atoms with van der Waals surface area (Å²) in [5.41, 5.74) is 0.654. The van der Waals surface area contributed by atoms with Crippen LogP contribution >= 0.6 is 11.8 Å². The van der Waals surface area contributed by atoms with Crippen molar-refractivity contribution in [1.29, 1.82) is 0 Å². The van der Waals surface area contributed by atoms with Crippen molar-refractivity contribution in [3.05, 3.63) is 29.3 Å². The molecule has 0 spiro atoms. The topological polar surface area (TPSA) is 12.0 Å². The molecule has 0 radical (unpaired) electrons. The van der Waals surface area contributed by atoms with Gasteiger partial charge in [-0.25, -0.2) is 8.78 Å². The van der Waals surface area contributed by atoms with Gasteiger partial charge in [-0.2, -0.15) is 0 Å². The maximum absolute atomic E-state index is 13.9. The zero-order valence-electron chi connectivity index (χ0n) is 11.9. The van der Waals surface area contributed by atoms with Crippen LogP contribution < -0.4 is 5.32 Å². The fourth-order valence-corrected chi connectivity index (χ4v) is 2.65. The molecular weight excluding hydrogens is 264 g/mol. The molecule has 0 unspecified atom stereocenters. The first-order valence-corrected chi connectivity index (χ1v) is 7.87. The van der Waals surface area contributed by atoms with Crippen molar-refractivity contribution in [1.82, 2.24) is 5.32 Å². The van der Waals surface area contributed by atoms with Gasteiger partial charge in [-0.1, -0.05) is 33.6 Å². The lowest BCUT2D eigenvalue weighted by Crippen LogP contribution is -2.22. The highest BCUT2D eigenvalue weighted by Gasteiger charge is 2.11. The lowest BCUT2D eigenvalue weighted by Gasteiger charge is -2.10. The Kier molecular flexibility index (Phi) is 7.39. The molecule has 4 heteroatoms. The predicted octanol–water partition coefficient (Wildman–Crippen LogP) is 4.75. The Labute approximate surface area is 119 Å². The zero-order chi connectivity index (χ0) is 14.3. The van der Waals surface area contributed by atoms with Gasteiger partial charge in [0.15, 0.2) is 0 Å². The highest BCUT2D eigenvalue weighted by atomic mass is 32.2. The van der Waals surface area contributed by atoms with Gasteiger partial charge in [-0.3, -0.25) is 0 Å². The molecule has 0 bridgehead atoms. The summed E-state index contributed by atoms with van der Waals surface area (Å²) < 4.78 is 27.7. The van der Waals surface area contributed by atoms with Crippen LogP contribution in [-0.4, -0.2) is 11.8 Å². The zero-order valence-corrected chi connectivity index (χ0v) is 12.7. The maximum Gasteiger partial charge on any atom is 0.140 e. The third kappa shape index (κ3) is 5.91. The lowest BCUT2D eigenvalue weighted by atomic mass is 10.2. The van der Waals surface area contributed by atoms with Gasteiger partial charge in [-0.15, -0.1) is 11.8 Å². The van der Waals surface area contributed by atoms with E-state index < -0.39 is 11.6 Å². The molecule has 0 saturated heterocycles. The van der Waals surface area contributed by atoms with Crippen LogP contribution in [0.4, 0.5) is 8.78 Å². The number of halogens is 2. The SMILES string of the molecule is CCCCCSc1c(F)cc(CNC(C)C)cc1F. The molecule has 0 aromatic heterocycles. The van der Waals surface area contributed by atoms with Crippen molar-refractivity contribution in [3.8, 4) is 0 Å². The molecule has 0 atom stereocenters. The standard InChI is InChI=1S/C15H23F2NS/c1-4-5-6-7-19-15-13(16)8-12(9-14(15)17)10-18-11(2)3/h8-9,11,18H,4-7,10H2,1-3H3. The van der Waals surface area contributed by atoms with Gasteiger partial charge in [-0.05, 0) is 29.9 Å². The Hall–Kier alpha value is -0.610. The molecule has 0 aliphatic heterocycles. The number of hydrogen-bond donors (Lipinski definition) is 1. The van der Waals surface area contributed by atoms with E-state index in [2.05, 4.69) is 12.2 Å². The molecule has 0 heterocycles. The molecular formula is C15H23F2NS. The number of rotatable bonds is 8. The molecule has 0 aliphatic carbocycles. The van der Waals surface area contributed by atoms with E-state index in [-0.39, 0.29) is 4.90 Å². The number of unbranched alkanes of at least 4 members (excludes halogenated alkanes) is 2. The van der Waals surface area contributed by atoms with Gasteiger partial charge in [0.25, 0.3) is 0 Å². The van der Waals surface area contributed by atoms with Crippen LogP contribution in [0.5, 0.6) is 0 Å². The Morgan fingerprint density at radius 1 is 1.16 bits per heavy atom. The molecule has 0 fully saturated rings.